The van der Waals surface area contributed by atoms with Gasteiger partial charge in [-0.05, 0) is 19.1 Å². The van der Waals surface area contributed by atoms with Crippen LogP contribution >= 0.6 is 0 Å². The van der Waals surface area contributed by atoms with Crippen LogP contribution in [0.15, 0.2) is 28.8 Å². The maximum atomic E-state index is 5.26. The van der Waals surface area contributed by atoms with E-state index in [0.29, 0.717) is 18.3 Å². The minimum Gasteiger partial charge on any atom is -0.424 e. The molecule has 1 N–H and O–H groups in total. The van der Waals surface area contributed by atoms with E-state index in [-0.39, 0.29) is 6.04 Å². The molecule has 5 heteroatoms. The highest BCUT2D eigenvalue weighted by molar-refractivity contribution is 5.07. The Bertz CT molecular complexity index is 440. The van der Waals surface area contributed by atoms with Crippen molar-refractivity contribution >= 4 is 0 Å². The third-order valence-electron chi connectivity index (χ3n) is 2.26. The van der Waals surface area contributed by atoms with Gasteiger partial charge >= 0.3 is 0 Å². The summed E-state index contributed by atoms with van der Waals surface area (Å²) < 4.78 is 5.26. The van der Waals surface area contributed by atoms with Crippen LogP contribution in [0.3, 0.4) is 0 Å². The molecule has 0 amide bonds. The van der Waals surface area contributed by atoms with Crippen molar-refractivity contribution in [2.75, 3.05) is 0 Å². The number of aromatic nitrogens is 3. The van der Waals surface area contributed by atoms with E-state index in [1.54, 1.807) is 13.1 Å². The Balaban J connectivity index is 1.91. The van der Waals surface area contributed by atoms with Gasteiger partial charge in [-0.2, -0.15) is 0 Å². The first-order valence-electron chi connectivity index (χ1n) is 5.19. The fourth-order valence-electron chi connectivity index (χ4n) is 1.39. The number of nitrogens with zero attached hydrogens (tertiary/aromatic N) is 3. The molecule has 0 aliphatic heterocycles. The second-order valence-electron chi connectivity index (χ2n) is 3.57. The molecular formula is C11H14N4O. The van der Waals surface area contributed by atoms with Crippen molar-refractivity contribution in [2.24, 2.45) is 0 Å². The maximum Gasteiger partial charge on any atom is 0.230 e. The molecule has 1 atom stereocenters. The van der Waals surface area contributed by atoms with E-state index < -0.39 is 0 Å². The molecule has 2 aromatic rings. The molecule has 0 spiro atoms. The Labute approximate surface area is 93.9 Å². The molecule has 2 rings (SSSR count). The second-order valence-corrected chi connectivity index (χ2v) is 3.57. The Morgan fingerprint density at radius 3 is 2.88 bits per heavy atom. The van der Waals surface area contributed by atoms with Crippen LogP contribution in [0.4, 0.5) is 0 Å². The highest BCUT2D eigenvalue weighted by Gasteiger charge is 2.07. The number of pyridine rings is 1. The van der Waals surface area contributed by atoms with Crippen LogP contribution in [0.25, 0.3) is 0 Å². The Hall–Kier alpha value is -1.75. The lowest BCUT2D eigenvalue weighted by atomic mass is 10.2. The molecule has 84 valence electrons. The predicted octanol–water partition coefficient (Wildman–Crippen LogP) is 1.62. The van der Waals surface area contributed by atoms with E-state index in [9.17, 15) is 0 Å². The lowest BCUT2D eigenvalue weighted by Gasteiger charge is -2.10. The first-order chi connectivity index (χ1) is 7.75. The van der Waals surface area contributed by atoms with Crippen molar-refractivity contribution < 1.29 is 4.42 Å². The van der Waals surface area contributed by atoms with Gasteiger partial charge in [0.05, 0.1) is 12.2 Å². The van der Waals surface area contributed by atoms with Gasteiger partial charge in [-0.3, -0.25) is 4.98 Å². The molecular weight excluding hydrogens is 204 g/mol. The predicted molar refractivity (Wildman–Crippen MR) is 58.5 cm³/mol. The number of rotatable bonds is 4. The zero-order valence-electron chi connectivity index (χ0n) is 9.34. The minimum atomic E-state index is 0.161. The Morgan fingerprint density at radius 2 is 2.25 bits per heavy atom. The largest absolute Gasteiger partial charge is 0.424 e. The molecule has 0 unspecified atom stereocenters. The lowest BCUT2D eigenvalue weighted by molar-refractivity contribution is 0.428. The van der Waals surface area contributed by atoms with Gasteiger partial charge in [0.2, 0.25) is 11.8 Å². The monoisotopic (exact) mass is 218 g/mol. The molecule has 0 fully saturated rings. The van der Waals surface area contributed by atoms with E-state index in [4.69, 9.17) is 4.42 Å². The molecule has 0 saturated heterocycles. The summed E-state index contributed by atoms with van der Waals surface area (Å²) in [5, 5.41) is 10.9. The highest BCUT2D eigenvalue weighted by atomic mass is 16.4. The zero-order chi connectivity index (χ0) is 11.4. The normalized spacial score (nSPS) is 12.6. The standard InChI is InChI=1S/C11H14N4O/c1-8(10-5-3-4-6-12-10)13-7-11-15-14-9(2)16-11/h3-6,8,13H,7H2,1-2H3/t8-/m0/s1. The number of nitrogens with one attached hydrogen (secondary N) is 1. The van der Waals surface area contributed by atoms with Crippen LogP contribution < -0.4 is 5.32 Å². The summed E-state index contributed by atoms with van der Waals surface area (Å²) in [5.41, 5.74) is 0.999. The van der Waals surface area contributed by atoms with Crippen molar-refractivity contribution in [3.8, 4) is 0 Å². The quantitative estimate of drug-likeness (QED) is 0.844. The molecule has 0 aliphatic carbocycles. The van der Waals surface area contributed by atoms with Crippen LogP contribution in [0.1, 0.15) is 30.4 Å². The van der Waals surface area contributed by atoms with Crippen LogP contribution in [0.5, 0.6) is 0 Å². The van der Waals surface area contributed by atoms with Crippen molar-refractivity contribution in [1.29, 1.82) is 0 Å². The van der Waals surface area contributed by atoms with E-state index in [1.165, 1.54) is 0 Å². The molecule has 5 nitrogen and oxygen atoms in total. The average molecular weight is 218 g/mol. The molecule has 0 bridgehead atoms. The van der Waals surface area contributed by atoms with Gasteiger partial charge in [0, 0.05) is 19.2 Å². The summed E-state index contributed by atoms with van der Waals surface area (Å²) >= 11 is 0. The summed E-state index contributed by atoms with van der Waals surface area (Å²) in [6.45, 7) is 4.38. The van der Waals surface area contributed by atoms with Crippen molar-refractivity contribution in [2.45, 2.75) is 26.4 Å². The van der Waals surface area contributed by atoms with E-state index in [2.05, 4.69) is 20.5 Å². The molecule has 2 heterocycles. The van der Waals surface area contributed by atoms with Gasteiger partial charge in [0.25, 0.3) is 0 Å². The van der Waals surface area contributed by atoms with Gasteiger partial charge < -0.3 is 9.73 Å². The minimum absolute atomic E-state index is 0.161. The van der Waals surface area contributed by atoms with E-state index >= 15 is 0 Å². The number of hydrogen-bond donors (Lipinski definition) is 1. The van der Waals surface area contributed by atoms with Gasteiger partial charge in [-0.25, -0.2) is 0 Å². The third kappa shape index (κ3) is 2.64. The molecule has 0 aromatic carbocycles. The first kappa shape index (κ1) is 10.8. The van der Waals surface area contributed by atoms with Crippen LogP contribution in [-0.2, 0) is 6.54 Å². The van der Waals surface area contributed by atoms with Crippen LogP contribution in [-0.4, -0.2) is 15.2 Å². The van der Waals surface area contributed by atoms with Gasteiger partial charge in [0.15, 0.2) is 0 Å². The van der Waals surface area contributed by atoms with E-state index in [0.717, 1.165) is 5.69 Å². The molecule has 16 heavy (non-hydrogen) atoms. The molecule has 0 saturated carbocycles. The second kappa shape index (κ2) is 4.85. The maximum absolute atomic E-state index is 5.26. The van der Waals surface area contributed by atoms with Gasteiger partial charge in [-0.15, -0.1) is 10.2 Å². The van der Waals surface area contributed by atoms with Crippen LogP contribution in [0, 0.1) is 6.92 Å². The average Bonchev–Trinajstić information content (AvgIpc) is 2.73. The van der Waals surface area contributed by atoms with Crippen molar-refractivity contribution in [3.05, 3.63) is 41.9 Å². The van der Waals surface area contributed by atoms with Crippen molar-refractivity contribution in [1.82, 2.24) is 20.5 Å². The lowest BCUT2D eigenvalue weighted by Crippen LogP contribution is -2.19. The SMILES string of the molecule is Cc1nnc(CN[C@@H](C)c2ccccn2)o1. The first-order valence-corrected chi connectivity index (χ1v) is 5.19. The van der Waals surface area contributed by atoms with Gasteiger partial charge in [-0.1, -0.05) is 6.07 Å². The zero-order valence-corrected chi connectivity index (χ0v) is 9.34. The molecule has 0 radical (unpaired) electrons. The summed E-state index contributed by atoms with van der Waals surface area (Å²) in [6.07, 6.45) is 1.78. The summed E-state index contributed by atoms with van der Waals surface area (Å²) in [5.74, 6) is 1.18. The number of aryl methyl sites for hydroxylation is 1. The topological polar surface area (TPSA) is 63.8 Å². The van der Waals surface area contributed by atoms with Crippen molar-refractivity contribution in [3.63, 3.8) is 0 Å². The Morgan fingerprint density at radius 1 is 1.38 bits per heavy atom. The Kier molecular flexibility index (Phi) is 3.26. The molecule has 2 aromatic heterocycles. The number of hydrogen-bond acceptors (Lipinski definition) is 5. The smallest absolute Gasteiger partial charge is 0.230 e. The van der Waals surface area contributed by atoms with Crippen LogP contribution in [0.2, 0.25) is 0 Å². The summed E-state index contributed by atoms with van der Waals surface area (Å²) in [4.78, 5) is 4.27. The highest BCUT2D eigenvalue weighted by Crippen LogP contribution is 2.08. The van der Waals surface area contributed by atoms with Gasteiger partial charge in [0.1, 0.15) is 0 Å². The molecule has 0 aliphatic rings. The fraction of sp³-hybridized carbons (Fsp3) is 0.364. The summed E-state index contributed by atoms with van der Waals surface area (Å²) in [7, 11) is 0. The fourth-order valence-corrected chi connectivity index (χ4v) is 1.39. The summed E-state index contributed by atoms with van der Waals surface area (Å²) in [6, 6.07) is 6.01. The van der Waals surface area contributed by atoms with E-state index in [1.807, 2.05) is 25.1 Å². The third-order valence-corrected chi connectivity index (χ3v) is 2.26.